The fraction of sp³-hybridized carbons (Fsp3) is 0.485. The topological polar surface area (TPSA) is 88.9 Å². The number of nitrogens with one attached hydrogen (secondary N) is 1. The second kappa shape index (κ2) is 13.0. The number of carbonyl (C=O) groups is 2. The monoisotopic (exact) mass is 573 g/mol. The first-order valence-electron chi connectivity index (χ1n) is 15.0. The highest BCUT2D eigenvalue weighted by Crippen LogP contribution is 2.33. The summed E-state index contributed by atoms with van der Waals surface area (Å²) < 4.78 is 12.8. The minimum Gasteiger partial charge on any atom is -0.497 e. The highest BCUT2D eigenvalue weighted by Gasteiger charge is 2.33. The van der Waals surface area contributed by atoms with Gasteiger partial charge in [-0.1, -0.05) is 30.3 Å². The van der Waals surface area contributed by atoms with Crippen molar-refractivity contribution in [2.45, 2.75) is 70.6 Å². The Hall–Kier alpha value is -3.85. The van der Waals surface area contributed by atoms with Crippen LogP contribution >= 0.6 is 0 Å². The molecule has 2 aromatic carbocycles. The Labute approximate surface area is 248 Å². The molecular formula is C33H43N5O4. The van der Waals surface area contributed by atoms with E-state index in [0.717, 1.165) is 62.4 Å². The van der Waals surface area contributed by atoms with Gasteiger partial charge >= 0.3 is 6.09 Å². The third kappa shape index (κ3) is 7.31. The summed E-state index contributed by atoms with van der Waals surface area (Å²) in [6, 6.07) is 18.3. The molecule has 2 aliphatic heterocycles. The first kappa shape index (κ1) is 29.6. The van der Waals surface area contributed by atoms with E-state index in [2.05, 4.69) is 34.5 Å². The Morgan fingerprint density at radius 3 is 2.21 bits per heavy atom. The zero-order chi connectivity index (χ0) is 29.7. The lowest BCUT2D eigenvalue weighted by Gasteiger charge is -2.34. The number of hydrogen-bond donors (Lipinski definition) is 1. The molecule has 0 aliphatic carbocycles. The normalized spacial score (nSPS) is 17.2. The van der Waals surface area contributed by atoms with Gasteiger partial charge in [0.2, 0.25) is 0 Å². The van der Waals surface area contributed by atoms with E-state index >= 15 is 0 Å². The highest BCUT2D eigenvalue weighted by atomic mass is 16.6. The number of benzene rings is 2. The summed E-state index contributed by atoms with van der Waals surface area (Å²) >= 11 is 0. The van der Waals surface area contributed by atoms with Gasteiger partial charge in [0.25, 0.3) is 5.91 Å². The Morgan fingerprint density at radius 1 is 0.929 bits per heavy atom. The van der Waals surface area contributed by atoms with Gasteiger partial charge in [-0.05, 0) is 76.3 Å². The van der Waals surface area contributed by atoms with E-state index in [1.54, 1.807) is 18.2 Å². The molecule has 1 aromatic heterocycles. The van der Waals surface area contributed by atoms with Crippen molar-refractivity contribution >= 4 is 12.0 Å². The summed E-state index contributed by atoms with van der Waals surface area (Å²) in [5, 5.41) is 8.01. The molecule has 9 heteroatoms. The molecule has 2 aliphatic rings. The summed E-state index contributed by atoms with van der Waals surface area (Å²) in [6.07, 6.45) is 4.67. The number of methoxy groups -OCH3 is 1. The minimum atomic E-state index is -0.538. The fourth-order valence-electron chi connectivity index (χ4n) is 5.86. The van der Waals surface area contributed by atoms with Gasteiger partial charge < -0.3 is 19.7 Å². The third-order valence-corrected chi connectivity index (χ3v) is 8.07. The number of likely N-dealkylation sites (tertiary alicyclic amines) is 2. The lowest BCUT2D eigenvalue weighted by molar-refractivity contribution is 0.0203. The lowest BCUT2D eigenvalue weighted by Crippen LogP contribution is -2.44. The van der Waals surface area contributed by atoms with Gasteiger partial charge in [0.05, 0.1) is 30.3 Å². The number of hydrogen-bond acceptors (Lipinski definition) is 6. The van der Waals surface area contributed by atoms with Crippen molar-refractivity contribution in [3.8, 4) is 11.4 Å². The van der Waals surface area contributed by atoms with Crippen LogP contribution in [0.25, 0.3) is 5.69 Å². The summed E-state index contributed by atoms with van der Waals surface area (Å²) in [6.45, 7) is 9.59. The molecule has 1 N–H and O–H groups in total. The Kier molecular flexibility index (Phi) is 9.16. The standard InChI is InChI=1S/C33H43N5O4/c1-33(2,3)42-32(40)37-20-14-25(15-21-37)30-29(22-34-38(30)27-10-12-28(41-4)13-11-27)31(39)35-26-16-18-36(19-17-26)23-24-8-6-5-7-9-24/h5-13,22,25-26H,14-21,23H2,1-4H3,(H,35,39). The van der Waals surface area contributed by atoms with E-state index in [1.165, 1.54) is 5.56 Å². The fourth-order valence-corrected chi connectivity index (χ4v) is 5.86. The smallest absolute Gasteiger partial charge is 0.410 e. The van der Waals surface area contributed by atoms with Crippen molar-refractivity contribution in [1.29, 1.82) is 0 Å². The molecular weight excluding hydrogens is 530 g/mol. The maximum Gasteiger partial charge on any atom is 0.410 e. The average Bonchev–Trinajstić information content (AvgIpc) is 3.43. The third-order valence-electron chi connectivity index (χ3n) is 8.07. The number of carbonyl (C=O) groups excluding carboxylic acids is 2. The largest absolute Gasteiger partial charge is 0.497 e. The van der Waals surface area contributed by atoms with Crippen LogP contribution in [0.1, 0.15) is 74.0 Å². The molecule has 9 nitrogen and oxygen atoms in total. The van der Waals surface area contributed by atoms with E-state index in [0.29, 0.717) is 18.7 Å². The Morgan fingerprint density at radius 2 is 1.60 bits per heavy atom. The van der Waals surface area contributed by atoms with E-state index in [9.17, 15) is 9.59 Å². The average molecular weight is 574 g/mol. The highest BCUT2D eigenvalue weighted by molar-refractivity contribution is 5.95. The number of amides is 2. The van der Waals surface area contributed by atoms with Crippen LogP contribution in [0.5, 0.6) is 5.75 Å². The number of nitrogens with zero attached hydrogens (tertiary/aromatic N) is 4. The molecule has 2 saturated heterocycles. The lowest BCUT2D eigenvalue weighted by atomic mass is 9.90. The van der Waals surface area contributed by atoms with Gasteiger partial charge in [-0.15, -0.1) is 0 Å². The quantitative estimate of drug-likeness (QED) is 0.408. The molecule has 0 spiro atoms. The second-order valence-corrected chi connectivity index (χ2v) is 12.3. The SMILES string of the molecule is COc1ccc(-n2ncc(C(=O)NC3CCN(Cc4ccccc4)CC3)c2C2CCN(C(=O)OC(C)(C)C)CC2)cc1. The zero-order valence-electron chi connectivity index (χ0n) is 25.2. The van der Waals surface area contributed by atoms with Crippen molar-refractivity contribution in [3.05, 3.63) is 77.6 Å². The van der Waals surface area contributed by atoms with Gasteiger partial charge in [-0.3, -0.25) is 9.69 Å². The molecule has 42 heavy (non-hydrogen) atoms. The molecule has 5 rings (SSSR count). The molecule has 0 radical (unpaired) electrons. The molecule has 3 aromatic rings. The second-order valence-electron chi connectivity index (χ2n) is 12.3. The maximum atomic E-state index is 13.7. The Balaban J connectivity index is 1.29. The summed E-state index contributed by atoms with van der Waals surface area (Å²) in [5.41, 5.74) is 3.14. The van der Waals surface area contributed by atoms with Crippen LogP contribution in [-0.4, -0.2) is 76.5 Å². The number of ether oxygens (including phenoxy) is 2. The van der Waals surface area contributed by atoms with Crippen molar-refractivity contribution in [3.63, 3.8) is 0 Å². The van der Waals surface area contributed by atoms with Gasteiger partial charge in [0, 0.05) is 44.7 Å². The maximum absolute atomic E-state index is 13.7. The number of aromatic nitrogens is 2. The van der Waals surface area contributed by atoms with Crippen LogP contribution in [0.3, 0.4) is 0 Å². The summed E-state index contributed by atoms with van der Waals surface area (Å²) in [5.74, 6) is 0.747. The van der Waals surface area contributed by atoms with E-state index < -0.39 is 5.60 Å². The molecule has 0 saturated carbocycles. The van der Waals surface area contributed by atoms with Gasteiger partial charge in [-0.25, -0.2) is 9.48 Å². The first-order valence-corrected chi connectivity index (χ1v) is 15.0. The Bertz CT molecular complexity index is 1330. The predicted molar refractivity (Wildman–Crippen MR) is 162 cm³/mol. The molecule has 2 amide bonds. The van der Waals surface area contributed by atoms with Crippen LogP contribution in [0.2, 0.25) is 0 Å². The van der Waals surface area contributed by atoms with Gasteiger partial charge in [0.15, 0.2) is 0 Å². The van der Waals surface area contributed by atoms with E-state index in [1.807, 2.05) is 55.8 Å². The first-order chi connectivity index (χ1) is 20.2. The minimum absolute atomic E-state index is 0.0711. The molecule has 2 fully saturated rings. The van der Waals surface area contributed by atoms with E-state index in [4.69, 9.17) is 14.6 Å². The van der Waals surface area contributed by atoms with Crippen molar-refractivity contribution < 1.29 is 19.1 Å². The van der Waals surface area contributed by atoms with Crippen LogP contribution in [0, 0.1) is 0 Å². The number of piperidine rings is 2. The molecule has 224 valence electrons. The van der Waals surface area contributed by atoms with Crippen LogP contribution in [0.15, 0.2) is 60.8 Å². The molecule has 0 atom stereocenters. The van der Waals surface area contributed by atoms with Crippen molar-refractivity contribution in [2.24, 2.45) is 0 Å². The van der Waals surface area contributed by atoms with Crippen LogP contribution in [0.4, 0.5) is 4.79 Å². The molecule has 3 heterocycles. The van der Waals surface area contributed by atoms with Gasteiger partial charge in [-0.2, -0.15) is 5.10 Å². The van der Waals surface area contributed by atoms with E-state index in [-0.39, 0.29) is 24.0 Å². The number of rotatable bonds is 7. The molecule has 0 bridgehead atoms. The van der Waals surface area contributed by atoms with Crippen molar-refractivity contribution in [2.75, 3.05) is 33.3 Å². The molecule has 0 unspecified atom stereocenters. The summed E-state index contributed by atoms with van der Waals surface area (Å²) in [4.78, 5) is 30.6. The van der Waals surface area contributed by atoms with Crippen LogP contribution in [-0.2, 0) is 11.3 Å². The van der Waals surface area contributed by atoms with Crippen LogP contribution < -0.4 is 10.1 Å². The summed E-state index contributed by atoms with van der Waals surface area (Å²) in [7, 11) is 1.64. The zero-order valence-corrected chi connectivity index (χ0v) is 25.2. The van der Waals surface area contributed by atoms with Gasteiger partial charge in [0.1, 0.15) is 11.4 Å². The van der Waals surface area contributed by atoms with Crippen molar-refractivity contribution in [1.82, 2.24) is 24.9 Å². The predicted octanol–water partition coefficient (Wildman–Crippen LogP) is 5.39.